The van der Waals surface area contributed by atoms with E-state index in [4.69, 9.17) is 55.7 Å². The van der Waals surface area contributed by atoms with Crippen molar-refractivity contribution >= 4 is 105 Å². The first-order valence-corrected chi connectivity index (χ1v) is 29.1. The second-order valence-electron chi connectivity index (χ2n) is 18.8. The zero-order chi connectivity index (χ0) is 72.7. The van der Waals surface area contributed by atoms with Crippen molar-refractivity contribution < 1.29 is 107 Å². The topological polar surface area (TPSA) is 410 Å². The maximum absolute atomic E-state index is 12.0. The number of para-hydroxylation sites is 6. The Labute approximate surface area is 594 Å². The first kappa shape index (κ1) is 83.9. The summed E-state index contributed by atoms with van der Waals surface area (Å²) in [5, 5.41) is 41.2. The fourth-order valence-electron chi connectivity index (χ4n) is 7.40. The Balaban J connectivity index is 0.00000114. The third kappa shape index (κ3) is 34.0. The molecule has 27 heteroatoms. The number of hydrogen-bond donors (Lipinski definition) is 8. The number of nitrogens with one attached hydrogen (secondary N) is 2. The van der Waals surface area contributed by atoms with Crippen LogP contribution in [0, 0.1) is 23.2 Å². The summed E-state index contributed by atoms with van der Waals surface area (Å²) in [5.74, 6) is -2.78. The van der Waals surface area contributed by atoms with E-state index < -0.39 is 23.9 Å². The molecular weight excluding hydrogens is 1320 g/mol. The molecule has 0 aliphatic heterocycles. The summed E-state index contributed by atoms with van der Waals surface area (Å²) in [6.07, 6.45) is 1.23. The van der Waals surface area contributed by atoms with Crippen molar-refractivity contribution in [2.45, 2.75) is 37.9 Å². The van der Waals surface area contributed by atoms with Gasteiger partial charge in [0.25, 0.3) is 14.0 Å². The van der Waals surface area contributed by atoms with E-state index in [0.717, 1.165) is 51.4 Å². The molecule has 0 spiro atoms. The van der Waals surface area contributed by atoms with Crippen molar-refractivity contribution in [3.05, 3.63) is 262 Å². The average Bonchev–Trinajstić information content (AvgIpc) is 2.22. The quantitative estimate of drug-likeness (QED) is 0.0135. The number of carbonyl (C=O) groups excluding carboxylic acids is 6. The maximum Gasteiger partial charge on any atom is 1.00 e. The number of benzene rings is 8. The van der Waals surface area contributed by atoms with Crippen molar-refractivity contribution in [2.24, 2.45) is 0 Å². The molecule has 0 aliphatic rings. The molecule has 1 aromatic heterocycles. The number of carbonyl (C=O) groups is 8. The molecule has 0 bridgehead atoms. The minimum absolute atomic E-state index is 0. The van der Waals surface area contributed by atoms with Gasteiger partial charge in [-0.2, -0.15) is 5.26 Å². The van der Waals surface area contributed by atoms with E-state index in [1.165, 1.54) is 35.5 Å². The van der Waals surface area contributed by atoms with Crippen molar-refractivity contribution in [3.8, 4) is 6.07 Å². The number of amides is 1. The van der Waals surface area contributed by atoms with Crippen molar-refractivity contribution in [1.82, 2.24) is 9.97 Å². The van der Waals surface area contributed by atoms with Gasteiger partial charge in [-0.05, 0) is 125 Å². The number of carboxylic acids is 2. The normalized spacial score (nSPS) is 9.27. The fraction of sp³-hybridized carbons (Fsp3) is 0.157. The first-order chi connectivity index (χ1) is 46.5. The zero-order valence-electron chi connectivity index (χ0n) is 55.2. The number of halogens is 1. The molecule has 24 nitrogen and oxygen atoms in total. The number of imidazole rings is 1. The number of H-pyrrole nitrogens is 1. The molecule has 0 aliphatic carbocycles. The summed E-state index contributed by atoms with van der Waals surface area (Å²) in [5.41, 5.74) is 28.1. The van der Waals surface area contributed by atoms with Crippen LogP contribution in [-0.2, 0) is 69.1 Å². The second-order valence-corrected chi connectivity index (χ2v) is 19.4. The van der Waals surface area contributed by atoms with Crippen LogP contribution in [0.1, 0.15) is 92.4 Å². The predicted octanol–water partition coefficient (Wildman–Crippen LogP) is 7.02. The number of fused-ring (bicyclic) bond motifs is 1. The average molecular weight is 1400 g/mol. The second kappa shape index (κ2) is 49.5. The van der Waals surface area contributed by atoms with E-state index in [1.54, 1.807) is 133 Å². The minimum atomic E-state index is -0.893. The molecule has 0 atom stereocenters. The van der Waals surface area contributed by atoms with Gasteiger partial charge < -0.3 is 78.3 Å². The number of rotatable bonds is 14. The molecule has 9 rings (SSSR count). The summed E-state index contributed by atoms with van der Waals surface area (Å²) in [6.45, 7) is 5.83. The number of nitrogens with two attached hydrogens (primary N) is 3. The molecule has 8 aromatic carbocycles. The van der Waals surface area contributed by atoms with E-state index in [9.17, 15) is 33.6 Å². The third-order valence-corrected chi connectivity index (χ3v) is 12.7. The van der Waals surface area contributed by atoms with Crippen LogP contribution in [0.5, 0.6) is 0 Å². The van der Waals surface area contributed by atoms with E-state index in [-0.39, 0.29) is 74.2 Å². The predicted molar refractivity (Wildman–Crippen MR) is 367 cm³/mol. The molecule has 97 heavy (non-hydrogen) atoms. The monoisotopic (exact) mass is 1400 g/mol. The number of nitrogen functional groups attached to an aromatic ring is 3. The van der Waals surface area contributed by atoms with Gasteiger partial charge in [0.05, 0.1) is 122 Å². The van der Waals surface area contributed by atoms with Gasteiger partial charge in [-0.15, -0.1) is 0 Å². The SMILES string of the molecule is CC(=O)O.COC(=O)c1ccc(CBr)cc1.COC(=O)c1ccc(CC#N)cc1.COC(=O)c1ccc(CC(=O)Nc2ccccc2N)cc1.COC(=O)c1ccc(CC(=O)O)cc1.COC(=O)c1ccc(Cc2nc3ccccc3[nH]2)cc1.Nc1ccccc1N.[3H][B]O.[C-]#N.[Na+]. The zero-order valence-corrected chi connectivity index (χ0v) is 57.8. The van der Waals surface area contributed by atoms with Gasteiger partial charge >= 0.3 is 65.4 Å². The summed E-state index contributed by atoms with van der Waals surface area (Å²) >= 11 is 3.32. The minimum Gasteiger partial charge on any atom is -0.512 e. The summed E-state index contributed by atoms with van der Waals surface area (Å²) < 4.78 is 28.5. The molecule has 0 fully saturated rings. The van der Waals surface area contributed by atoms with Crippen LogP contribution in [-0.4, -0.2) is 118 Å². The Kier molecular flexibility index (Phi) is 42.8. The Morgan fingerprint density at radius 3 is 1.19 bits per heavy atom. The van der Waals surface area contributed by atoms with E-state index in [2.05, 4.69) is 54.9 Å². The van der Waals surface area contributed by atoms with Gasteiger partial charge in [0.2, 0.25) is 5.91 Å². The maximum atomic E-state index is 12.0. The Morgan fingerprint density at radius 1 is 0.536 bits per heavy atom. The van der Waals surface area contributed by atoms with Gasteiger partial charge in [-0.3, -0.25) is 14.4 Å². The third-order valence-electron chi connectivity index (χ3n) is 12.1. The largest absolute Gasteiger partial charge is 1.00 e. The molecule has 1 radical (unpaired) electrons. The first-order valence-electron chi connectivity index (χ1n) is 28.5. The van der Waals surface area contributed by atoms with Crippen LogP contribution < -0.4 is 52.1 Å². The number of aromatic nitrogens is 2. The van der Waals surface area contributed by atoms with Crippen LogP contribution >= 0.6 is 15.9 Å². The Bertz CT molecular complexity index is 3920. The van der Waals surface area contributed by atoms with Crippen LogP contribution in [0.2, 0.25) is 0 Å². The van der Waals surface area contributed by atoms with Crippen molar-refractivity contribution in [1.29, 1.82) is 11.9 Å². The van der Waals surface area contributed by atoms with Gasteiger partial charge in [0, 0.05) is 20.0 Å². The smallest absolute Gasteiger partial charge is 0.512 e. The van der Waals surface area contributed by atoms with Crippen LogP contribution in [0.4, 0.5) is 22.7 Å². The van der Waals surface area contributed by atoms with Crippen molar-refractivity contribution in [2.75, 3.05) is 58.1 Å². The number of anilines is 4. The van der Waals surface area contributed by atoms with Crippen LogP contribution in [0.25, 0.3) is 11.0 Å². The molecule has 499 valence electrons. The number of nitriles is 1. The number of carboxylic acid groups (broad SMARTS) is 2. The number of aromatic amines is 1. The number of aliphatic carboxylic acids is 2. The molecule has 0 unspecified atom stereocenters. The summed E-state index contributed by atoms with van der Waals surface area (Å²) in [6, 6.07) is 58.7. The molecule has 0 saturated carbocycles. The van der Waals surface area contributed by atoms with E-state index >= 15 is 0 Å². The Hall–Kier alpha value is -11.1. The van der Waals surface area contributed by atoms with E-state index in [1.807, 2.05) is 66.7 Å². The number of alkyl halides is 1. The van der Waals surface area contributed by atoms with Gasteiger partial charge in [0.15, 0.2) is 0 Å². The van der Waals surface area contributed by atoms with Gasteiger partial charge in [-0.1, -0.05) is 113 Å². The van der Waals surface area contributed by atoms with E-state index in [0.29, 0.717) is 69.0 Å². The Morgan fingerprint density at radius 2 is 0.856 bits per heavy atom. The fourth-order valence-corrected chi connectivity index (χ4v) is 7.78. The number of methoxy groups -OCH3 is 5. The number of ether oxygens (including phenoxy) is 5. The number of nitrogens with zero attached hydrogens (tertiary/aromatic N) is 3. The molecule has 1 heterocycles. The molecular formula is C70H72BBrN8NaO16. The van der Waals surface area contributed by atoms with Gasteiger partial charge in [-0.25, -0.2) is 29.0 Å². The number of hydrogen-bond acceptors (Lipinski definition) is 20. The molecule has 0 saturated heterocycles. The standard InChI is InChI=1S/C16H16N2O3.C16H14N2O2.C10H9NO2.C10H10O4.C9H9BrO2.C6H8N2.C2H4O2.CN.BH2O.Na/c1-21-16(20)12-8-6-11(7-9-12)10-15(19)18-14-5-3-2-4-13(14)17;1-20-16(19)12-8-6-11(7-9-12)10-15-17-13-4-2-3-5-14(13)18-15;1-13-10(12)9-4-2-8(3-5-9)6-7-11;1-14-10(13)8-4-2-7(3-5-8)6-9(11)12;1-12-9(11)8-4-2-7(6-10)3-5-8;7-5-3-1-2-4-6(5)8;1-2(3)4;2*1-2;/h2-9H,10,17H2,1H3,(H,18,19);2-9H,10H2,1H3,(H,17,18);2-5H,6H2,1H3;2-5H,6H2,1H3,(H,11,12);2-5H,6H2,1H3;1-4H,7-8H2;1H3,(H,3,4);;1-2H;/q;;;;;;;-1;;+1/i;;;;;;;;1T;. The summed E-state index contributed by atoms with van der Waals surface area (Å²) in [4.78, 5) is 94.8. The molecule has 11 N–H and O–H groups in total. The summed E-state index contributed by atoms with van der Waals surface area (Å²) in [7, 11) is 6.97. The van der Waals surface area contributed by atoms with Gasteiger partial charge in [0.1, 0.15) is 5.82 Å². The van der Waals surface area contributed by atoms with Crippen LogP contribution in [0.15, 0.2) is 194 Å². The van der Waals surface area contributed by atoms with Crippen molar-refractivity contribution in [3.63, 3.8) is 0 Å². The molecule has 1 amide bonds. The van der Waals surface area contributed by atoms with Crippen LogP contribution in [0.3, 0.4) is 0 Å². The molecule has 9 aromatic rings. The number of esters is 5.